The third-order valence-corrected chi connectivity index (χ3v) is 6.43. The van der Waals surface area contributed by atoms with E-state index in [1.165, 1.54) is 24.8 Å². The summed E-state index contributed by atoms with van der Waals surface area (Å²) in [5, 5.41) is 4.10. The molecule has 1 N–H and O–H groups in total. The zero-order valence-electron chi connectivity index (χ0n) is 12.7. The molecule has 0 saturated heterocycles. The van der Waals surface area contributed by atoms with Crippen LogP contribution in [0.1, 0.15) is 57.6 Å². The van der Waals surface area contributed by atoms with E-state index in [1.807, 2.05) is 6.07 Å². The van der Waals surface area contributed by atoms with Crippen molar-refractivity contribution in [3.63, 3.8) is 0 Å². The summed E-state index contributed by atoms with van der Waals surface area (Å²) in [6, 6.07) is 10.6. The fourth-order valence-electron chi connectivity index (χ4n) is 3.17. The molecule has 2 nitrogen and oxygen atoms in total. The molecular weight excluding hydrogens is 266 g/mol. The van der Waals surface area contributed by atoms with E-state index in [0.29, 0.717) is 5.25 Å². The van der Waals surface area contributed by atoms with Gasteiger partial charge in [0.25, 0.3) is 0 Å². The second-order valence-corrected chi connectivity index (χ2v) is 7.81. The number of hydrogen-bond donors (Lipinski definition) is 1. The van der Waals surface area contributed by atoms with Gasteiger partial charge in [-0.2, -0.15) is 0 Å². The quantitative estimate of drug-likeness (QED) is 0.864. The van der Waals surface area contributed by atoms with Gasteiger partial charge in [-0.3, -0.25) is 4.21 Å². The van der Waals surface area contributed by atoms with Crippen LogP contribution in [0.2, 0.25) is 0 Å². The Morgan fingerprint density at radius 3 is 2.45 bits per heavy atom. The summed E-state index contributed by atoms with van der Waals surface area (Å²) in [5.74, 6) is 0. The SMILES string of the molecule is CCNC(c1ccccc1)C(C)S(=O)C1CCCCC1. The average Bonchev–Trinajstić information content (AvgIpc) is 2.53. The molecule has 1 fully saturated rings. The standard InChI is InChI=1S/C17H27NOS/c1-3-18-17(15-10-6-4-7-11-15)14(2)20(19)16-12-8-5-9-13-16/h4,6-7,10-11,14,16-18H,3,5,8-9,12-13H2,1-2H3. The highest BCUT2D eigenvalue weighted by Gasteiger charge is 2.29. The molecule has 3 unspecified atom stereocenters. The number of benzene rings is 1. The van der Waals surface area contributed by atoms with Crippen molar-refractivity contribution in [1.29, 1.82) is 0 Å². The van der Waals surface area contributed by atoms with Gasteiger partial charge < -0.3 is 5.32 Å². The van der Waals surface area contributed by atoms with Crippen molar-refractivity contribution >= 4 is 10.8 Å². The lowest BCUT2D eigenvalue weighted by atomic mass is 10.0. The summed E-state index contributed by atoms with van der Waals surface area (Å²) in [5.41, 5.74) is 1.26. The predicted octanol–water partition coefficient (Wildman–Crippen LogP) is 3.81. The van der Waals surface area contributed by atoms with Crippen LogP contribution < -0.4 is 5.32 Å². The van der Waals surface area contributed by atoms with E-state index >= 15 is 0 Å². The monoisotopic (exact) mass is 293 g/mol. The van der Waals surface area contributed by atoms with E-state index in [-0.39, 0.29) is 11.3 Å². The van der Waals surface area contributed by atoms with Gasteiger partial charge in [0.15, 0.2) is 0 Å². The van der Waals surface area contributed by atoms with Crippen molar-refractivity contribution in [3.8, 4) is 0 Å². The Hall–Kier alpha value is -0.670. The smallest absolute Gasteiger partial charge is 0.0517 e. The summed E-state index contributed by atoms with van der Waals surface area (Å²) < 4.78 is 12.9. The minimum Gasteiger partial charge on any atom is -0.309 e. The maximum atomic E-state index is 12.9. The molecule has 1 aromatic carbocycles. The van der Waals surface area contributed by atoms with E-state index in [9.17, 15) is 4.21 Å². The molecule has 0 amide bonds. The lowest BCUT2D eigenvalue weighted by molar-refractivity contribution is 0.489. The van der Waals surface area contributed by atoms with Gasteiger partial charge in [-0.25, -0.2) is 0 Å². The number of hydrogen-bond acceptors (Lipinski definition) is 2. The molecule has 3 heteroatoms. The van der Waals surface area contributed by atoms with Gasteiger partial charge in [0.2, 0.25) is 0 Å². The van der Waals surface area contributed by atoms with Crippen LogP contribution >= 0.6 is 0 Å². The third-order valence-electron chi connectivity index (χ3n) is 4.30. The van der Waals surface area contributed by atoms with Crippen LogP contribution in [0.4, 0.5) is 0 Å². The molecule has 112 valence electrons. The topological polar surface area (TPSA) is 29.1 Å². The number of rotatable bonds is 6. The van der Waals surface area contributed by atoms with E-state index < -0.39 is 10.8 Å². The third kappa shape index (κ3) is 3.92. The van der Waals surface area contributed by atoms with Crippen LogP contribution in [0.5, 0.6) is 0 Å². The largest absolute Gasteiger partial charge is 0.309 e. The average molecular weight is 293 g/mol. The van der Waals surface area contributed by atoms with Crippen molar-refractivity contribution in [2.24, 2.45) is 0 Å². The van der Waals surface area contributed by atoms with Crippen molar-refractivity contribution in [2.45, 2.75) is 62.5 Å². The van der Waals surface area contributed by atoms with Crippen LogP contribution in [-0.2, 0) is 10.8 Å². The molecule has 0 bridgehead atoms. The molecular formula is C17H27NOS. The molecule has 1 saturated carbocycles. The Labute approximate surface area is 125 Å². The van der Waals surface area contributed by atoms with E-state index in [4.69, 9.17) is 0 Å². The second kappa shape index (κ2) is 7.94. The summed E-state index contributed by atoms with van der Waals surface area (Å²) in [4.78, 5) is 0. The van der Waals surface area contributed by atoms with Gasteiger partial charge in [0.1, 0.15) is 0 Å². The van der Waals surface area contributed by atoms with Crippen LogP contribution in [-0.4, -0.2) is 21.3 Å². The molecule has 0 radical (unpaired) electrons. The van der Waals surface area contributed by atoms with Crippen LogP contribution in [0.25, 0.3) is 0 Å². The molecule has 3 atom stereocenters. The summed E-state index contributed by atoms with van der Waals surface area (Å²) in [7, 11) is -0.746. The second-order valence-electron chi connectivity index (χ2n) is 5.74. The lowest BCUT2D eigenvalue weighted by Gasteiger charge is -2.30. The normalized spacial score (nSPS) is 21.3. The number of nitrogens with one attached hydrogen (secondary N) is 1. The maximum absolute atomic E-state index is 12.9. The van der Waals surface area contributed by atoms with Gasteiger partial charge in [0.05, 0.1) is 5.25 Å². The van der Waals surface area contributed by atoms with E-state index in [2.05, 4.69) is 43.4 Å². The van der Waals surface area contributed by atoms with Crippen molar-refractivity contribution < 1.29 is 4.21 Å². The van der Waals surface area contributed by atoms with Crippen LogP contribution in [0.15, 0.2) is 30.3 Å². The van der Waals surface area contributed by atoms with Gasteiger partial charge >= 0.3 is 0 Å². The molecule has 0 aromatic heterocycles. The first-order valence-corrected chi connectivity index (χ1v) is 9.19. The van der Waals surface area contributed by atoms with Crippen molar-refractivity contribution in [3.05, 3.63) is 35.9 Å². The molecule has 20 heavy (non-hydrogen) atoms. The fourth-order valence-corrected chi connectivity index (χ4v) is 5.10. The van der Waals surface area contributed by atoms with Crippen molar-refractivity contribution in [1.82, 2.24) is 5.32 Å². The summed E-state index contributed by atoms with van der Waals surface area (Å²) in [6.45, 7) is 5.17. The minimum absolute atomic E-state index is 0.167. The minimum atomic E-state index is -0.746. The Balaban J connectivity index is 2.10. The van der Waals surface area contributed by atoms with E-state index in [1.54, 1.807) is 0 Å². The Bertz CT molecular complexity index is 414. The Kier molecular flexibility index (Phi) is 6.24. The first-order valence-electron chi connectivity index (χ1n) is 7.91. The van der Waals surface area contributed by atoms with Gasteiger partial charge in [-0.05, 0) is 31.9 Å². The molecule has 1 aliphatic carbocycles. The lowest BCUT2D eigenvalue weighted by Crippen LogP contribution is -2.37. The van der Waals surface area contributed by atoms with Gasteiger partial charge in [-0.1, -0.05) is 56.5 Å². The molecule has 1 aliphatic rings. The fraction of sp³-hybridized carbons (Fsp3) is 0.647. The maximum Gasteiger partial charge on any atom is 0.0517 e. The predicted molar refractivity (Wildman–Crippen MR) is 87.3 cm³/mol. The molecule has 2 rings (SSSR count). The highest BCUT2D eigenvalue weighted by Crippen LogP contribution is 2.28. The Morgan fingerprint density at radius 2 is 1.85 bits per heavy atom. The van der Waals surface area contributed by atoms with Crippen LogP contribution in [0.3, 0.4) is 0 Å². The highest BCUT2D eigenvalue weighted by molar-refractivity contribution is 7.86. The van der Waals surface area contributed by atoms with Gasteiger partial charge in [-0.15, -0.1) is 0 Å². The zero-order valence-corrected chi connectivity index (χ0v) is 13.5. The molecule has 1 aromatic rings. The van der Waals surface area contributed by atoms with Crippen LogP contribution in [0, 0.1) is 0 Å². The summed E-state index contributed by atoms with van der Waals surface area (Å²) in [6.07, 6.45) is 6.10. The van der Waals surface area contributed by atoms with Gasteiger partial charge in [0, 0.05) is 22.1 Å². The summed E-state index contributed by atoms with van der Waals surface area (Å²) >= 11 is 0. The van der Waals surface area contributed by atoms with Crippen molar-refractivity contribution in [2.75, 3.05) is 6.54 Å². The van der Waals surface area contributed by atoms with E-state index in [0.717, 1.165) is 19.4 Å². The first kappa shape index (κ1) is 15.7. The zero-order chi connectivity index (χ0) is 14.4. The highest BCUT2D eigenvalue weighted by atomic mass is 32.2. The molecule has 0 aliphatic heterocycles. The molecule has 0 spiro atoms. The molecule has 0 heterocycles. The Morgan fingerprint density at radius 1 is 1.20 bits per heavy atom. The first-order chi connectivity index (χ1) is 9.74.